The van der Waals surface area contributed by atoms with Crippen LogP contribution in [0.2, 0.25) is 0 Å². The molecule has 1 aromatic rings. The molecule has 6 nitrogen and oxygen atoms in total. The molecule has 0 radical (unpaired) electrons. The maximum atomic E-state index is 10.7. The van der Waals surface area contributed by atoms with Gasteiger partial charge in [0.25, 0.3) is 0 Å². The zero-order valence-corrected chi connectivity index (χ0v) is 14.1. The van der Waals surface area contributed by atoms with Crippen molar-refractivity contribution in [2.75, 3.05) is 0 Å². The number of halogens is 6. The van der Waals surface area contributed by atoms with Crippen LogP contribution in [0.4, 0.5) is 26.3 Å². The summed E-state index contributed by atoms with van der Waals surface area (Å²) in [6.45, 7) is 0. The summed E-state index contributed by atoms with van der Waals surface area (Å²) in [5, 5.41) is 0. The second kappa shape index (κ2) is 12.1. The van der Waals surface area contributed by atoms with Gasteiger partial charge >= 0.3 is 45.2 Å². The second-order valence-electron chi connectivity index (χ2n) is 2.95. The van der Waals surface area contributed by atoms with Crippen molar-refractivity contribution in [3.05, 3.63) is 36.4 Å². The van der Waals surface area contributed by atoms with Gasteiger partial charge in [-0.15, -0.1) is 0 Å². The zero-order valence-electron chi connectivity index (χ0n) is 10.6. The molecule has 150 valence electrons. The van der Waals surface area contributed by atoms with E-state index >= 15 is 0 Å². The van der Waals surface area contributed by atoms with Crippen molar-refractivity contribution < 1.29 is 86.4 Å². The van der Waals surface area contributed by atoms with Crippen LogP contribution in [0.3, 0.4) is 0 Å². The van der Waals surface area contributed by atoms with Crippen molar-refractivity contribution in [2.24, 2.45) is 0 Å². The molecule has 16 heteroatoms. The summed E-state index contributed by atoms with van der Waals surface area (Å²) < 4.78 is 118. The Labute approximate surface area is 154 Å². The molecule has 0 fully saturated rings. The van der Waals surface area contributed by atoms with Gasteiger partial charge in [0.05, 0.1) is 0 Å². The standard InChI is InChI=1S/C6H6.2CHF3O3S.2Cu/c1-2-4-6-5-3-1;2*2-1(3,4)8(5,6)7;;/h1-6H;2*(H,5,6,7);;/q;;;2*+1/p-2. The molecular formula is C8H6Cu2F6O6S2. The molecule has 0 atom stereocenters. The van der Waals surface area contributed by atoms with Gasteiger partial charge in [0.2, 0.25) is 0 Å². The van der Waals surface area contributed by atoms with Gasteiger partial charge in [-0.3, -0.25) is 0 Å². The SMILES string of the molecule is O=S(=O)([O-])C(F)(F)F.O=S(=O)([O-])C(F)(F)F.[Cu+].[Cu+].c1ccccc1. The second-order valence-corrected chi connectivity index (χ2v) is 5.70. The maximum absolute atomic E-state index is 10.7. The van der Waals surface area contributed by atoms with Crippen LogP contribution in [0.1, 0.15) is 0 Å². The van der Waals surface area contributed by atoms with Crippen LogP contribution in [0.5, 0.6) is 0 Å². The molecule has 0 spiro atoms. The Morgan fingerprint density at radius 3 is 0.667 bits per heavy atom. The summed E-state index contributed by atoms with van der Waals surface area (Å²) in [6, 6.07) is 12.0. The molecule has 0 aromatic heterocycles. The predicted octanol–water partition coefficient (Wildman–Crippen LogP) is 1.78. The monoisotopic (exact) mass is 502 g/mol. The molecule has 1 aromatic carbocycles. The minimum atomic E-state index is -6.09. The van der Waals surface area contributed by atoms with Gasteiger partial charge in [-0.25, -0.2) is 16.8 Å². The third-order valence-corrected chi connectivity index (χ3v) is 2.37. The normalized spacial score (nSPS) is 11.3. The first kappa shape index (κ1) is 31.4. The van der Waals surface area contributed by atoms with Gasteiger partial charge in [0.15, 0.2) is 20.2 Å². The fourth-order valence-corrected chi connectivity index (χ4v) is 0.385. The third-order valence-electron chi connectivity index (χ3n) is 1.23. The topological polar surface area (TPSA) is 114 Å². The van der Waals surface area contributed by atoms with Gasteiger partial charge in [-0.2, -0.15) is 26.3 Å². The van der Waals surface area contributed by atoms with Crippen molar-refractivity contribution in [3.8, 4) is 0 Å². The first-order chi connectivity index (χ1) is 9.50. The average Bonchev–Trinajstić information content (AvgIpc) is 2.27. The summed E-state index contributed by atoms with van der Waals surface area (Å²) in [7, 11) is -12.2. The number of hydrogen-bond donors (Lipinski definition) is 0. The van der Waals surface area contributed by atoms with Crippen molar-refractivity contribution in [3.63, 3.8) is 0 Å². The number of benzene rings is 1. The maximum Gasteiger partial charge on any atom is 1.00 e. The largest absolute Gasteiger partial charge is 1.00 e. The molecule has 0 unspecified atom stereocenters. The van der Waals surface area contributed by atoms with E-state index in [1.165, 1.54) is 0 Å². The molecule has 0 aliphatic heterocycles. The van der Waals surface area contributed by atoms with E-state index in [0.717, 1.165) is 0 Å². The van der Waals surface area contributed by atoms with Crippen LogP contribution in [-0.4, -0.2) is 37.0 Å². The van der Waals surface area contributed by atoms with Crippen LogP contribution < -0.4 is 0 Å². The van der Waals surface area contributed by atoms with Gasteiger partial charge in [-0.05, 0) is 0 Å². The van der Waals surface area contributed by atoms with E-state index in [1.54, 1.807) is 0 Å². The molecule has 0 N–H and O–H groups in total. The van der Waals surface area contributed by atoms with Gasteiger partial charge in [-0.1, -0.05) is 36.4 Å². The quantitative estimate of drug-likeness (QED) is 0.231. The first-order valence-corrected chi connectivity index (χ1v) is 7.36. The van der Waals surface area contributed by atoms with Crippen LogP contribution in [0, 0.1) is 0 Å². The summed E-state index contributed by atoms with van der Waals surface area (Å²) in [5.74, 6) is 0. The van der Waals surface area contributed by atoms with E-state index in [4.69, 9.17) is 25.9 Å². The van der Waals surface area contributed by atoms with E-state index in [0.29, 0.717) is 0 Å². The molecule has 0 aliphatic carbocycles. The first-order valence-electron chi connectivity index (χ1n) is 4.54. The number of hydrogen-bond acceptors (Lipinski definition) is 6. The third kappa shape index (κ3) is 16.5. The average molecular weight is 503 g/mol. The summed E-state index contributed by atoms with van der Waals surface area (Å²) in [4.78, 5) is 0. The Hall–Kier alpha value is -0.341. The van der Waals surface area contributed by atoms with Crippen LogP contribution >= 0.6 is 0 Å². The Morgan fingerprint density at radius 2 is 0.625 bits per heavy atom. The Morgan fingerprint density at radius 1 is 0.542 bits per heavy atom. The predicted molar refractivity (Wildman–Crippen MR) is 57.9 cm³/mol. The molecule has 0 amide bonds. The van der Waals surface area contributed by atoms with Crippen molar-refractivity contribution >= 4 is 20.2 Å². The number of alkyl halides is 6. The van der Waals surface area contributed by atoms with E-state index in [-0.39, 0.29) is 34.1 Å². The van der Waals surface area contributed by atoms with Crippen molar-refractivity contribution in [2.45, 2.75) is 11.0 Å². The van der Waals surface area contributed by atoms with E-state index in [9.17, 15) is 26.3 Å². The van der Waals surface area contributed by atoms with E-state index in [2.05, 4.69) is 0 Å². The zero-order chi connectivity index (χ0) is 18.2. The Balaban J connectivity index is -0.000000121. The van der Waals surface area contributed by atoms with Crippen molar-refractivity contribution in [1.29, 1.82) is 0 Å². The summed E-state index contributed by atoms with van der Waals surface area (Å²) >= 11 is 0. The summed E-state index contributed by atoms with van der Waals surface area (Å²) in [5.41, 5.74) is -11.3. The molecule has 24 heavy (non-hydrogen) atoms. The smallest absolute Gasteiger partial charge is 0.741 e. The molecule has 0 saturated heterocycles. The Bertz CT molecular complexity index is 561. The van der Waals surface area contributed by atoms with Crippen molar-refractivity contribution in [1.82, 2.24) is 0 Å². The van der Waals surface area contributed by atoms with Crippen LogP contribution in [-0.2, 0) is 54.4 Å². The van der Waals surface area contributed by atoms with Crippen LogP contribution in [0.15, 0.2) is 36.4 Å². The fraction of sp³-hybridized carbons (Fsp3) is 0.250. The van der Waals surface area contributed by atoms with E-state index < -0.39 is 31.3 Å². The summed E-state index contributed by atoms with van der Waals surface area (Å²) in [6.07, 6.45) is 0. The molecule has 0 bridgehead atoms. The molecule has 0 heterocycles. The van der Waals surface area contributed by atoms with Gasteiger partial charge in [0.1, 0.15) is 0 Å². The number of rotatable bonds is 0. The van der Waals surface area contributed by atoms with Gasteiger partial charge in [0, 0.05) is 0 Å². The molecule has 0 aliphatic rings. The van der Waals surface area contributed by atoms with Crippen LogP contribution in [0.25, 0.3) is 0 Å². The molecular weight excluding hydrogens is 497 g/mol. The van der Waals surface area contributed by atoms with E-state index in [1.807, 2.05) is 36.4 Å². The minimum Gasteiger partial charge on any atom is -0.741 e. The fourth-order valence-electron chi connectivity index (χ4n) is 0.385. The minimum absolute atomic E-state index is 0. The molecule has 1 rings (SSSR count). The molecule has 0 saturated carbocycles. The van der Waals surface area contributed by atoms with Gasteiger partial charge < -0.3 is 9.11 Å². The Kier molecular flexibility index (Phi) is 15.8.